The van der Waals surface area contributed by atoms with Crippen molar-refractivity contribution in [3.63, 3.8) is 0 Å². The summed E-state index contributed by atoms with van der Waals surface area (Å²) in [6, 6.07) is 6.90. The molecule has 6 heteroatoms. The Kier molecular flexibility index (Phi) is 7.08. The van der Waals surface area contributed by atoms with E-state index in [1.807, 2.05) is 27.7 Å². The van der Waals surface area contributed by atoms with Crippen LogP contribution < -0.4 is 10.1 Å². The number of thioether (sulfide) groups is 1. The van der Waals surface area contributed by atoms with E-state index >= 15 is 0 Å². The second-order valence-electron chi connectivity index (χ2n) is 4.62. The first kappa shape index (κ1) is 17.4. The molecular formula is C15H22N2O3S. The van der Waals surface area contributed by atoms with Gasteiger partial charge in [0.1, 0.15) is 5.75 Å². The fourth-order valence-corrected chi connectivity index (χ4v) is 2.24. The molecule has 21 heavy (non-hydrogen) atoms. The third-order valence-corrected chi connectivity index (χ3v) is 3.41. The summed E-state index contributed by atoms with van der Waals surface area (Å²) >= 11 is 1.19. The maximum absolute atomic E-state index is 12.0. The Balaban J connectivity index is 2.72. The van der Waals surface area contributed by atoms with E-state index < -0.39 is 0 Å². The largest absolute Gasteiger partial charge is 0.415 e. The fraction of sp³-hybridized carbons (Fsp3) is 0.467. The van der Waals surface area contributed by atoms with Crippen LogP contribution in [0.5, 0.6) is 5.75 Å². The molecule has 2 amide bonds. The summed E-state index contributed by atoms with van der Waals surface area (Å²) in [7, 11) is 0. The fourth-order valence-electron chi connectivity index (χ4n) is 1.79. The summed E-state index contributed by atoms with van der Waals surface area (Å²) in [5.41, 5.74) is 0.610. The molecule has 0 unspecified atom stereocenters. The minimum Gasteiger partial charge on any atom is -0.410 e. The Bertz CT molecular complexity index is 492. The predicted octanol–water partition coefficient (Wildman–Crippen LogP) is 4.20. The van der Waals surface area contributed by atoms with E-state index in [0.29, 0.717) is 23.7 Å². The Labute approximate surface area is 130 Å². The second-order valence-corrected chi connectivity index (χ2v) is 5.86. The molecule has 0 radical (unpaired) electrons. The Morgan fingerprint density at radius 3 is 2.62 bits per heavy atom. The summed E-state index contributed by atoms with van der Waals surface area (Å²) in [5.74, 6) is 1.12. The van der Waals surface area contributed by atoms with Crippen LogP contribution in [0, 0.1) is 0 Å². The Morgan fingerprint density at radius 2 is 2.05 bits per heavy atom. The smallest absolute Gasteiger partial charge is 0.410 e. The third-order valence-electron chi connectivity index (χ3n) is 2.76. The molecule has 0 saturated carbocycles. The number of carbonyl (C=O) groups is 2. The van der Waals surface area contributed by atoms with Gasteiger partial charge in [-0.25, -0.2) is 4.79 Å². The number of amides is 2. The van der Waals surface area contributed by atoms with Crippen molar-refractivity contribution in [2.45, 2.75) is 33.7 Å². The van der Waals surface area contributed by atoms with Crippen molar-refractivity contribution in [2.75, 3.05) is 17.6 Å². The maximum Gasteiger partial charge on any atom is 0.415 e. The van der Waals surface area contributed by atoms with E-state index in [4.69, 9.17) is 4.74 Å². The normalized spacial score (nSPS) is 10.3. The highest BCUT2D eigenvalue weighted by atomic mass is 32.2. The molecule has 1 N–H and O–H groups in total. The summed E-state index contributed by atoms with van der Waals surface area (Å²) in [4.78, 5) is 25.2. The van der Waals surface area contributed by atoms with E-state index in [-0.39, 0.29) is 17.4 Å². The van der Waals surface area contributed by atoms with Crippen LogP contribution in [0.1, 0.15) is 27.7 Å². The van der Waals surface area contributed by atoms with E-state index in [1.54, 1.807) is 29.2 Å². The summed E-state index contributed by atoms with van der Waals surface area (Å²) in [6.07, 6.45) is -0.390. The molecule has 5 nitrogen and oxygen atoms in total. The number of anilines is 1. The van der Waals surface area contributed by atoms with Crippen LogP contribution >= 0.6 is 11.8 Å². The monoisotopic (exact) mass is 310 g/mol. The van der Waals surface area contributed by atoms with Gasteiger partial charge in [0.05, 0.1) is 0 Å². The number of nitrogens with zero attached hydrogens (tertiary/aromatic N) is 1. The molecule has 0 aliphatic heterocycles. The second kappa shape index (κ2) is 8.56. The first-order valence-electron chi connectivity index (χ1n) is 7.00. The summed E-state index contributed by atoms with van der Waals surface area (Å²) < 4.78 is 5.34. The van der Waals surface area contributed by atoms with E-state index in [9.17, 15) is 9.59 Å². The van der Waals surface area contributed by atoms with Crippen molar-refractivity contribution in [1.82, 2.24) is 4.90 Å². The van der Waals surface area contributed by atoms with Gasteiger partial charge in [0.25, 0.3) is 5.24 Å². The van der Waals surface area contributed by atoms with E-state index in [2.05, 4.69) is 5.32 Å². The molecule has 0 atom stereocenters. The third kappa shape index (κ3) is 5.67. The number of benzene rings is 1. The predicted molar refractivity (Wildman–Crippen MR) is 87.1 cm³/mol. The van der Waals surface area contributed by atoms with Crippen molar-refractivity contribution < 1.29 is 14.3 Å². The van der Waals surface area contributed by atoms with Crippen LogP contribution in [-0.4, -0.2) is 34.6 Å². The highest BCUT2D eigenvalue weighted by Crippen LogP contribution is 2.20. The molecule has 1 rings (SSSR count). The van der Waals surface area contributed by atoms with Gasteiger partial charge in [0, 0.05) is 24.3 Å². The van der Waals surface area contributed by atoms with Gasteiger partial charge in [0.2, 0.25) is 0 Å². The lowest BCUT2D eigenvalue weighted by molar-refractivity contribution is 0.142. The summed E-state index contributed by atoms with van der Waals surface area (Å²) in [6.45, 7) is 8.26. The maximum atomic E-state index is 12.0. The van der Waals surface area contributed by atoms with E-state index in [0.717, 1.165) is 0 Å². The molecule has 0 aliphatic carbocycles. The standard InChI is InChI=1S/C15H22N2O3S/c1-5-17(11(3)4)15(19)20-13-9-7-8-12(10-13)16-14(18)21-6-2/h7-11H,5-6H2,1-4H3,(H,16,18). The van der Waals surface area contributed by atoms with Gasteiger partial charge in [-0.1, -0.05) is 24.8 Å². The Hall–Kier alpha value is -1.69. The van der Waals surface area contributed by atoms with Gasteiger partial charge in [0.15, 0.2) is 0 Å². The molecule has 0 saturated heterocycles. The van der Waals surface area contributed by atoms with Gasteiger partial charge in [-0.2, -0.15) is 0 Å². The first-order valence-corrected chi connectivity index (χ1v) is 7.98. The molecule has 116 valence electrons. The number of carbonyl (C=O) groups excluding carboxylic acids is 2. The zero-order valence-electron chi connectivity index (χ0n) is 12.9. The van der Waals surface area contributed by atoms with Gasteiger partial charge < -0.3 is 15.0 Å². The number of ether oxygens (including phenoxy) is 1. The van der Waals surface area contributed by atoms with Crippen molar-refractivity contribution in [2.24, 2.45) is 0 Å². The average Bonchev–Trinajstić information content (AvgIpc) is 2.39. The average molecular weight is 310 g/mol. The molecule has 1 aromatic rings. The van der Waals surface area contributed by atoms with Crippen LogP contribution in [0.4, 0.5) is 15.3 Å². The van der Waals surface area contributed by atoms with Crippen molar-refractivity contribution in [1.29, 1.82) is 0 Å². The SMILES string of the molecule is CCSC(=O)Nc1cccc(OC(=O)N(CC)C(C)C)c1. The zero-order chi connectivity index (χ0) is 15.8. The molecule has 0 aliphatic rings. The van der Waals surface area contributed by atoms with E-state index in [1.165, 1.54) is 11.8 Å². The molecule has 1 aromatic carbocycles. The molecule has 0 spiro atoms. The first-order chi connectivity index (χ1) is 9.97. The lowest BCUT2D eigenvalue weighted by Crippen LogP contribution is -2.38. The number of hydrogen-bond donors (Lipinski definition) is 1. The van der Waals surface area contributed by atoms with Crippen LogP contribution in [0.2, 0.25) is 0 Å². The number of nitrogens with one attached hydrogen (secondary N) is 1. The van der Waals surface area contributed by atoms with Crippen molar-refractivity contribution in [3.8, 4) is 5.75 Å². The van der Waals surface area contributed by atoms with Crippen LogP contribution in [-0.2, 0) is 0 Å². The minimum absolute atomic E-state index is 0.0753. The molecule has 0 bridgehead atoms. The highest BCUT2D eigenvalue weighted by molar-refractivity contribution is 8.13. The highest BCUT2D eigenvalue weighted by Gasteiger charge is 2.17. The molecule has 0 aromatic heterocycles. The van der Waals surface area contributed by atoms with Gasteiger partial charge in [-0.05, 0) is 38.7 Å². The quantitative estimate of drug-likeness (QED) is 0.885. The zero-order valence-corrected chi connectivity index (χ0v) is 13.7. The van der Waals surface area contributed by atoms with Crippen LogP contribution in [0.3, 0.4) is 0 Å². The summed E-state index contributed by atoms with van der Waals surface area (Å²) in [5, 5.41) is 2.62. The number of hydrogen-bond acceptors (Lipinski definition) is 4. The van der Waals surface area contributed by atoms with Gasteiger partial charge >= 0.3 is 6.09 Å². The van der Waals surface area contributed by atoms with Crippen molar-refractivity contribution in [3.05, 3.63) is 24.3 Å². The topological polar surface area (TPSA) is 58.6 Å². The molecule has 0 heterocycles. The Morgan fingerprint density at radius 1 is 1.33 bits per heavy atom. The molecular weight excluding hydrogens is 288 g/mol. The van der Waals surface area contributed by atoms with Gasteiger partial charge in [-0.15, -0.1) is 0 Å². The number of rotatable bonds is 5. The van der Waals surface area contributed by atoms with Crippen LogP contribution in [0.15, 0.2) is 24.3 Å². The lowest BCUT2D eigenvalue weighted by atomic mass is 10.3. The molecule has 0 fully saturated rings. The van der Waals surface area contributed by atoms with Crippen LogP contribution in [0.25, 0.3) is 0 Å². The lowest BCUT2D eigenvalue weighted by Gasteiger charge is -2.24. The van der Waals surface area contributed by atoms with Gasteiger partial charge in [-0.3, -0.25) is 4.79 Å². The minimum atomic E-state index is -0.390. The van der Waals surface area contributed by atoms with Crippen molar-refractivity contribution >= 4 is 28.8 Å².